The van der Waals surface area contributed by atoms with Crippen LogP contribution in [-0.4, -0.2) is 50.0 Å². The van der Waals surface area contributed by atoms with Gasteiger partial charge in [-0.15, -0.1) is 6.58 Å². The number of allylic oxidation sites excluding steroid dienone is 2. The highest BCUT2D eigenvalue weighted by Gasteiger charge is 2.34. The highest BCUT2D eigenvalue weighted by molar-refractivity contribution is 7.07. The van der Waals surface area contributed by atoms with Crippen LogP contribution in [-0.2, 0) is 32.1 Å². The first-order chi connectivity index (χ1) is 25.6. The molecule has 53 heavy (non-hydrogen) atoms. The predicted octanol–water partition coefficient (Wildman–Crippen LogP) is 5.59. The van der Waals surface area contributed by atoms with Gasteiger partial charge in [-0.1, -0.05) is 35.6 Å². The lowest BCUT2D eigenvalue weighted by Crippen LogP contribution is -2.40. The number of nitrogens with zero attached hydrogens (tertiary/aromatic N) is 2. The molecule has 0 amide bonds. The number of esters is 2. The molecule has 4 aromatic rings. The molecule has 1 aromatic heterocycles. The zero-order chi connectivity index (χ0) is 38.1. The molecule has 1 aliphatic heterocycles. The Morgan fingerprint density at radius 3 is 2.36 bits per heavy atom. The topological polar surface area (TPSA) is 124 Å². The van der Waals surface area contributed by atoms with Gasteiger partial charge >= 0.3 is 11.9 Å². The lowest BCUT2D eigenvalue weighted by molar-refractivity contribution is -0.143. The molecule has 0 bridgehead atoms. The Bertz CT molecular complexity index is 2210. The van der Waals surface area contributed by atoms with Gasteiger partial charge in [-0.05, 0) is 93.3 Å². The third-order valence-corrected chi connectivity index (χ3v) is 9.07. The van der Waals surface area contributed by atoms with Crippen molar-refractivity contribution in [2.24, 2.45) is 4.99 Å². The average molecular weight is 745 g/mol. The van der Waals surface area contributed by atoms with Crippen molar-refractivity contribution in [3.05, 3.63) is 126 Å². The van der Waals surface area contributed by atoms with Gasteiger partial charge in [-0.3, -0.25) is 9.36 Å². The Morgan fingerprint density at radius 1 is 0.943 bits per heavy atom. The van der Waals surface area contributed by atoms with E-state index in [2.05, 4.69) is 11.6 Å². The van der Waals surface area contributed by atoms with E-state index in [0.29, 0.717) is 56.4 Å². The summed E-state index contributed by atoms with van der Waals surface area (Å²) < 4.78 is 49.2. The summed E-state index contributed by atoms with van der Waals surface area (Å²) in [6.45, 7) is 11.6. The van der Waals surface area contributed by atoms with Crippen LogP contribution in [0.4, 0.5) is 4.39 Å². The first kappa shape index (κ1) is 38.5. The Kier molecular flexibility index (Phi) is 12.9. The lowest BCUT2D eigenvalue weighted by atomic mass is 9.95. The van der Waals surface area contributed by atoms with Crippen LogP contribution in [0, 0.1) is 5.82 Å². The summed E-state index contributed by atoms with van der Waals surface area (Å²) in [4.78, 5) is 44.7. The molecular formula is C40H41FN2O9S. The monoisotopic (exact) mass is 744 g/mol. The second-order valence-corrected chi connectivity index (χ2v) is 12.7. The number of fused-ring (bicyclic) bond motifs is 1. The Hall–Kier alpha value is -5.69. The van der Waals surface area contributed by atoms with Gasteiger partial charge in [0.15, 0.2) is 34.4 Å². The molecule has 5 rings (SSSR count). The van der Waals surface area contributed by atoms with E-state index in [1.165, 1.54) is 35.1 Å². The molecule has 11 nitrogen and oxygen atoms in total. The standard InChI is InChI=1S/C40H41FN2O9S/c1-7-11-28-18-26(19-32(49-9-3)37(28)52-22-25-12-15-29(41)16-13-25)20-33-38(45)43-36(35(39(46)50-10-4)24(5)42-40(43)53-33)27-14-17-30(31(21-27)48-8-2)51-23-34(44)47-6/h7,12-21,36H,1,8-11,22-23H2,2-6H3/b33-20-/t36-/m1/s1. The molecule has 0 unspecified atom stereocenters. The van der Waals surface area contributed by atoms with Crippen LogP contribution in [0.15, 0.2) is 88.3 Å². The van der Waals surface area contributed by atoms with Gasteiger partial charge < -0.3 is 28.4 Å². The zero-order valence-corrected chi connectivity index (χ0v) is 31.0. The van der Waals surface area contributed by atoms with Crippen LogP contribution in [0.1, 0.15) is 56.0 Å². The first-order valence-electron chi connectivity index (χ1n) is 17.1. The lowest BCUT2D eigenvalue weighted by Gasteiger charge is -2.25. The SMILES string of the molecule is C=CCc1cc(/C=c2\sc3n(c2=O)[C@H](c2ccc(OCC(=O)OC)c(OCC)c2)C(C(=O)OCC)=C(C)N=3)cc(OCC)c1OCc1ccc(F)cc1. The number of carbonyl (C=O) groups is 2. The average Bonchev–Trinajstić information content (AvgIpc) is 3.44. The number of thiazole rings is 1. The number of hydrogen-bond donors (Lipinski definition) is 0. The zero-order valence-electron chi connectivity index (χ0n) is 30.2. The van der Waals surface area contributed by atoms with Crippen molar-refractivity contribution in [1.29, 1.82) is 0 Å². The Balaban J connectivity index is 1.63. The van der Waals surface area contributed by atoms with E-state index >= 15 is 0 Å². The molecule has 0 aliphatic carbocycles. The van der Waals surface area contributed by atoms with Crippen LogP contribution >= 0.6 is 11.3 Å². The van der Waals surface area contributed by atoms with E-state index in [4.69, 9.17) is 28.4 Å². The Labute approximate surface area is 310 Å². The normalized spacial score (nSPS) is 13.8. The minimum absolute atomic E-state index is 0.121. The highest BCUT2D eigenvalue weighted by atomic mass is 32.1. The van der Waals surface area contributed by atoms with Crippen molar-refractivity contribution >= 4 is 29.4 Å². The molecule has 0 spiro atoms. The van der Waals surface area contributed by atoms with E-state index < -0.39 is 18.0 Å². The molecule has 3 aromatic carbocycles. The fourth-order valence-electron chi connectivity index (χ4n) is 5.77. The van der Waals surface area contributed by atoms with E-state index in [9.17, 15) is 18.8 Å². The highest BCUT2D eigenvalue weighted by Crippen LogP contribution is 2.37. The summed E-state index contributed by atoms with van der Waals surface area (Å²) in [6.07, 6.45) is 3.94. The van der Waals surface area contributed by atoms with Crippen LogP contribution in [0.5, 0.6) is 23.0 Å². The first-order valence-corrected chi connectivity index (χ1v) is 17.9. The molecule has 0 saturated carbocycles. The number of aromatic nitrogens is 1. The van der Waals surface area contributed by atoms with Gasteiger partial charge in [-0.25, -0.2) is 19.0 Å². The van der Waals surface area contributed by atoms with E-state index in [0.717, 1.165) is 11.1 Å². The van der Waals surface area contributed by atoms with E-state index in [1.54, 1.807) is 69.3 Å². The quantitative estimate of drug-likeness (QED) is 0.107. The van der Waals surface area contributed by atoms with Crippen molar-refractivity contribution in [1.82, 2.24) is 4.57 Å². The van der Waals surface area contributed by atoms with Gasteiger partial charge in [0.05, 0.1) is 48.8 Å². The summed E-state index contributed by atoms with van der Waals surface area (Å²) in [5.74, 6) is 0.0936. The number of ether oxygens (including phenoxy) is 6. The van der Waals surface area contributed by atoms with Crippen LogP contribution in [0.25, 0.3) is 6.08 Å². The van der Waals surface area contributed by atoms with Crippen molar-refractivity contribution in [2.75, 3.05) is 33.5 Å². The number of carbonyl (C=O) groups excluding carboxylic acids is 2. The third kappa shape index (κ3) is 8.86. The third-order valence-electron chi connectivity index (χ3n) is 8.09. The minimum Gasteiger partial charge on any atom is -0.490 e. The molecule has 1 atom stereocenters. The summed E-state index contributed by atoms with van der Waals surface area (Å²) in [5, 5.41) is 0. The van der Waals surface area contributed by atoms with Crippen molar-refractivity contribution in [2.45, 2.75) is 46.8 Å². The molecule has 0 N–H and O–H groups in total. The number of benzene rings is 3. The number of methoxy groups -OCH3 is 1. The minimum atomic E-state index is -0.918. The molecule has 2 heterocycles. The molecule has 278 valence electrons. The van der Waals surface area contributed by atoms with Gasteiger partial charge in [0.2, 0.25) is 0 Å². The molecule has 1 aliphatic rings. The maximum atomic E-state index is 14.4. The van der Waals surface area contributed by atoms with E-state index in [-0.39, 0.29) is 49.1 Å². The summed E-state index contributed by atoms with van der Waals surface area (Å²) in [6, 6.07) is 13.8. The largest absolute Gasteiger partial charge is 0.490 e. The molecular weight excluding hydrogens is 704 g/mol. The van der Waals surface area contributed by atoms with Gasteiger partial charge in [0, 0.05) is 5.56 Å². The van der Waals surface area contributed by atoms with Gasteiger partial charge in [0.25, 0.3) is 5.56 Å². The van der Waals surface area contributed by atoms with Crippen molar-refractivity contribution < 1.29 is 42.4 Å². The van der Waals surface area contributed by atoms with Gasteiger partial charge in [0.1, 0.15) is 12.4 Å². The van der Waals surface area contributed by atoms with Crippen LogP contribution < -0.4 is 33.8 Å². The van der Waals surface area contributed by atoms with Crippen molar-refractivity contribution in [3.8, 4) is 23.0 Å². The summed E-state index contributed by atoms with van der Waals surface area (Å²) in [5.41, 5.74) is 3.00. The molecule has 13 heteroatoms. The second-order valence-electron chi connectivity index (χ2n) is 11.7. The maximum Gasteiger partial charge on any atom is 0.343 e. The molecule has 0 saturated heterocycles. The predicted molar refractivity (Wildman–Crippen MR) is 198 cm³/mol. The second kappa shape index (κ2) is 17.7. The number of hydrogen-bond acceptors (Lipinski definition) is 11. The Morgan fingerprint density at radius 2 is 1.68 bits per heavy atom. The maximum absolute atomic E-state index is 14.4. The summed E-state index contributed by atoms with van der Waals surface area (Å²) >= 11 is 1.18. The summed E-state index contributed by atoms with van der Waals surface area (Å²) in [7, 11) is 1.26. The van der Waals surface area contributed by atoms with Crippen LogP contribution in [0.2, 0.25) is 0 Å². The molecule has 0 radical (unpaired) electrons. The van der Waals surface area contributed by atoms with Gasteiger partial charge in [-0.2, -0.15) is 0 Å². The number of halogens is 1. The van der Waals surface area contributed by atoms with Crippen molar-refractivity contribution in [3.63, 3.8) is 0 Å². The smallest absolute Gasteiger partial charge is 0.343 e. The van der Waals surface area contributed by atoms with Crippen LogP contribution in [0.3, 0.4) is 0 Å². The fourth-order valence-corrected chi connectivity index (χ4v) is 6.82. The molecule has 0 fully saturated rings. The fraction of sp³-hybridized carbons (Fsp3) is 0.300. The number of rotatable bonds is 16. The van der Waals surface area contributed by atoms with E-state index in [1.807, 2.05) is 13.0 Å².